The standard InChI is InChI=1S/C16H16Cl2N2O2S/c1-9(11-5-6-12(17)13(18)8-11)19-15(21)10(2)20-16(22)14-4-3-7-23-14/h3-10H,1-2H3,(H,19,21)(H,20,22). The van der Waals surface area contributed by atoms with Crippen LogP contribution in [0.25, 0.3) is 0 Å². The van der Waals surface area contributed by atoms with Gasteiger partial charge in [0.25, 0.3) is 5.91 Å². The molecular weight excluding hydrogens is 355 g/mol. The Bertz CT molecular complexity index is 704. The second-order valence-electron chi connectivity index (χ2n) is 5.08. The van der Waals surface area contributed by atoms with Crippen LogP contribution in [0, 0.1) is 0 Å². The fourth-order valence-electron chi connectivity index (χ4n) is 1.94. The van der Waals surface area contributed by atoms with E-state index in [1.54, 1.807) is 37.3 Å². The number of halogens is 2. The van der Waals surface area contributed by atoms with Crippen molar-refractivity contribution in [2.24, 2.45) is 0 Å². The summed E-state index contributed by atoms with van der Waals surface area (Å²) in [6, 6.07) is 7.80. The lowest BCUT2D eigenvalue weighted by Crippen LogP contribution is -2.45. The van der Waals surface area contributed by atoms with Crippen LogP contribution >= 0.6 is 34.5 Å². The lowest BCUT2D eigenvalue weighted by Gasteiger charge is -2.19. The molecule has 1 heterocycles. The number of carbonyl (C=O) groups excluding carboxylic acids is 2. The number of nitrogens with one attached hydrogen (secondary N) is 2. The summed E-state index contributed by atoms with van der Waals surface area (Å²) in [6.45, 7) is 3.48. The molecule has 2 unspecified atom stereocenters. The van der Waals surface area contributed by atoms with E-state index in [9.17, 15) is 9.59 Å². The van der Waals surface area contributed by atoms with Gasteiger partial charge >= 0.3 is 0 Å². The van der Waals surface area contributed by atoms with Crippen LogP contribution in [0.2, 0.25) is 10.0 Å². The molecule has 2 rings (SSSR count). The Morgan fingerprint density at radius 3 is 2.43 bits per heavy atom. The monoisotopic (exact) mass is 370 g/mol. The highest BCUT2D eigenvalue weighted by molar-refractivity contribution is 7.12. The summed E-state index contributed by atoms with van der Waals surface area (Å²) >= 11 is 13.2. The minimum atomic E-state index is -0.644. The molecule has 2 aromatic rings. The lowest BCUT2D eigenvalue weighted by molar-refractivity contribution is -0.123. The Morgan fingerprint density at radius 2 is 1.83 bits per heavy atom. The maximum Gasteiger partial charge on any atom is 0.261 e. The van der Waals surface area contributed by atoms with Crippen LogP contribution in [-0.2, 0) is 4.79 Å². The number of hydrogen-bond donors (Lipinski definition) is 2. The van der Waals surface area contributed by atoms with Gasteiger partial charge in [-0.15, -0.1) is 11.3 Å². The highest BCUT2D eigenvalue weighted by Gasteiger charge is 2.19. The largest absolute Gasteiger partial charge is 0.348 e. The first kappa shape index (κ1) is 17.8. The van der Waals surface area contributed by atoms with Gasteiger partial charge in [-0.2, -0.15) is 0 Å². The molecule has 2 atom stereocenters. The Hall–Kier alpha value is -1.56. The van der Waals surface area contributed by atoms with Gasteiger partial charge in [-0.3, -0.25) is 9.59 Å². The molecule has 0 spiro atoms. The molecule has 0 radical (unpaired) electrons. The van der Waals surface area contributed by atoms with Crippen molar-refractivity contribution in [2.45, 2.75) is 25.9 Å². The molecule has 23 heavy (non-hydrogen) atoms. The molecule has 4 nitrogen and oxygen atoms in total. The van der Waals surface area contributed by atoms with E-state index in [0.29, 0.717) is 14.9 Å². The van der Waals surface area contributed by atoms with E-state index in [0.717, 1.165) is 5.56 Å². The molecule has 0 bridgehead atoms. The van der Waals surface area contributed by atoms with Gasteiger partial charge in [-0.05, 0) is 43.0 Å². The zero-order chi connectivity index (χ0) is 17.0. The molecule has 2 N–H and O–H groups in total. The minimum absolute atomic E-state index is 0.252. The van der Waals surface area contributed by atoms with Gasteiger partial charge in [-0.25, -0.2) is 0 Å². The minimum Gasteiger partial charge on any atom is -0.348 e. The van der Waals surface area contributed by atoms with Crippen molar-refractivity contribution in [1.82, 2.24) is 10.6 Å². The molecule has 1 aromatic carbocycles. The van der Waals surface area contributed by atoms with Crippen LogP contribution in [0.15, 0.2) is 35.7 Å². The SMILES string of the molecule is CC(NC(=O)c1cccs1)C(=O)NC(C)c1ccc(Cl)c(Cl)c1. The fourth-order valence-corrected chi connectivity index (χ4v) is 2.88. The molecule has 1 aromatic heterocycles. The van der Waals surface area contributed by atoms with Gasteiger partial charge in [0.2, 0.25) is 5.91 Å². The van der Waals surface area contributed by atoms with Gasteiger partial charge in [0.05, 0.1) is 21.0 Å². The summed E-state index contributed by atoms with van der Waals surface area (Å²) < 4.78 is 0. The van der Waals surface area contributed by atoms with Crippen molar-refractivity contribution in [3.63, 3.8) is 0 Å². The van der Waals surface area contributed by atoms with Crippen LogP contribution in [0.3, 0.4) is 0 Å². The third kappa shape index (κ3) is 4.70. The fraction of sp³-hybridized carbons (Fsp3) is 0.250. The van der Waals surface area contributed by atoms with Crippen LogP contribution in [0.4, 0.5) is 0 Å². The molecule has 0 saturated carbocycles. The first-order chi connectivity index (χ1) is 10.9. The summed E-state index contributed by atoms with van der Waals surface area (Å²) in [5.41, 5.74) is 0.838. The van der Waals surface area contributed by atoms with Gasteiger partial charge < -0.3 is 10.6 Å². The van der Waals surface area contributed by atoms with Crippen molar-refractivity contribution < 1.29 is 9.59 Å². The summed E-state index contributed by atoms with van der Waals surface area (Å²) in [5, 5.41) is 8.22. The van der Waals surface area contributed by atoms with E-state index in [4.69, 9.17) is 23.2 Å². The smallest absolute Gasteiger partial charge is 0.261 e. The molecule has 7 heteroatoms. The molecule has 0 fully saturated rings. The van der Waals surface area contributed by atoms with E-state index in [1.165, 1.54) is 11.3 Å². The van der Waals surface area contributed by atoms with E-state index in [-0.39, 0.29) is 17.9 Å². The maximum atomic E-state index is 12.2. The van der Waals surface area contributed by atoms with E-state index in [2.05, 4.69) is 10.6 Å². The molecule has 0 aliphatic carbocycles. The van der Waals surface area contributed by atoms with Gasteiger partial charge in [-0.1, -0.05) is 35.3 Å². The average molecular weight is 371 g/mol. The van der Waals surface area contributed by atoms with Crippen LogP contribution in [-0.4, -0.2) is 17.9 Å². The number of benzene rings is 1. The highest BCUT2D eigenvalue weighted by atomic mass is 35.5. The summed E-state index contributed by atoms with van der Waals surface area (Å²) in [5.74, 6) is -0.529. The first-order valence-electron chi connectivity index (χ1n) is 6.98. The van der Waals surface area contributed by atoms with Crippen molar-refractivity contribution in [2.75, 3.05) is 0 Å². The van der Waals surface area contributed by atoms with E-state index in [1.807, 2.05) is 12.3 Å². The Morgan fingerprint density at radius 1 is 1.09 bits per heavy atom. The number of carbonyl (C=O) groups is 2. The predicted molar refractivity (Wildman–Crippen MR) is 94.3 cm³/mol. The van der Waals surface area contributed by atoms with Gasteiger partial charge in [0, 0.05) is 0 Å². The molecule has 2 amide bonds. The van der Waals surface area contributed by atoms with Crippen molar-refractivity contribution in [1.29, 1.82) is 0 Å². The summed E-state index contributed by atoms with van der Waals surface area (Å²) in [6.07, 6.45) is 0. The summed E-state index contributed by atoms with van der Waals surface area (Å²) in [4.78, 5) is 24.7. The predicted octanol–water partition coefficient (Wildman–Crippen LogP) is 4.05. The van der Waals surface area contributed by atoms with Crippen LogP contribution in [0.1, 0.15) is 35.1 Å². The highest BCUT2D eigenvalue weighted by Crippen LogP contribution is 2.25. The van der Waals surface area contributed by atoms with E-state index < -0.39 is 6.04 Å². The molecule has 122 valence electrons. The number of thiophene rings is 1. The summed E-state index contributed by atoms with van der Waals surface area (Å²) in [7, 11) is 0. The lowest BCUT2D eigenvalue weighted by atomic mass is 10.1. The maximum absolute atomic E-state index is 12.2. The van der Waals surface area contributed by atoms with Gasteiger partial charge in [0.1, 0.15) is 6.04 Å². The Labute approximate surface area is 148 Å². The van der Waals surface area contributed by atoms with Crippen LogP contribution in [0.5, 0.6) is 0 Å². The quantitative estimate of drug-likeness (QED) is 0.833. The van der Waals surface area contributed by atoms with Crippen molar-refractivity contribution in [3.05, 3.63) is 56.2 Å². The molecule has 0 aliphatic heterocycles. The first-order valence-corrected chi connectivity index (χ1v) is 8.61. The zero-order valence-corrected chi connectivity index (χ0v) is 14.9. The van der Waals surface area contributed by atoms with E-state index >= 15 is 0 Å². The van der Waals surface area contributed by atoms with Crippen LogP contribution < -0.4 is 10.6 Å². The molecule has 0 saturated heterocycles. The molecule has 0 aliphatic rings. The second-order valence-corrected chi connectivity index (χ2v) is 6.84. The third-order valence-electron chi connectivity index (χ3n) is 3.29. The van der Waals surface area contributed by atoms with Gasteiger partial charge in [0.15, 0.2) is 0 Å². The topological polar surface area (TPSA) is 58.2 Å². The Balaban J connectivity index is 1.94. The second kappa shape index (κ2) is 7.81. The van der Waals surface area contributed by atoms with Crippen molar-refractivity contribution >= 4 is 46.4 Å². The average Bonchev–Trinajstić information content (AvgIpc) is 3.04. The Kier molecular flexibility index (Phi) is 6.04. The van der Waals surface area contributed by atoms with Crippen molar-refractivity contribution in [3.8, 4) is 0 Å². The third-order valence-corrected chi connectivity index (χ3v) is 4.90. The zero-order valence-electron chi connectivity index (χ0n) is 12.6. The number of rotatable bonds is 5. The number of amides is 2. The normalized spacial score (nSPS) is 13.2. The molecular formula is C16H16Cl2N2O2S. The number of hydrogen-bond acceptors (Lipinski definition) is 3.